The van der Waals surface area contributed by atoms with Crippen LogP contribution in [-0.4, -0.2) is 46.6 Å². The van der Waals surface area contributed by atoms with Gasteiger partial charge in [0.2, 0.25) is 11.8 Å². The lowest BCUT2D eigenvalue weighted by Gasteiger charge is -2.32. The maximum atomic E-state index is 15.8. The van der Waals surface area contributed by atoms with Gasteiger partial charge in [-0.1, -0.05) is 29.8 Å². The molecule has 2 aromatic heterocycles. The van der Waals surface area contributed by atoms with Gasteiger partial charge < -0.3 is 9.47 Å². The van der Waals surface area contributed by atoms with E-state index in [0.717, 1.165) is 4.90 Å². The molecule has 0 spiro atoms. The van der Waals surface area contributed by atoms with Crippen LogP contribution in [0.4, 0.5) is 20.7 Å². The summed E-state index contributed by atoms with van der Waals surface area (Å²) in [6.45, 7) is 7.50. The van der Waals surface area contributed by atoms with E-state index in [9.17, 15) is 14.4 Å². The van der Waals surface area contributed by atoms with Crippen LogP contribution in [0.2, 0.25) is 5.02 Å². The number of pyridine rings is 2. The van der Waals surface area contributed by atoms with Gasteiger partial charge in [0.15, 0.2) is 0 Å². The Labute approximate surface area is 245 Å². The summed E-state index contributed by atoms with van der Waals surface area (Å²) in [7, 11) is 0. The Balaban J connectivity index is 1.45. The number of nitrogens with zero attached hydrogens (tertiary/aromatic N) is 4. The lowest BCUT2D eigenvalue weighted by Crippen LogP contribution is -2.42. The van der Waals surface area contributed by atoms with Crippen molar-refractivity contribution in [1.82, 2.24) is 9.97 Å². The van der Waals surface area contributed by atoms with E-state index in [-0.39, 0.29) is 41.9 Å². The average Bonchev–Trinajstić information content (AvgIpc) is 2.94. The lowest BCUT2D eigenvalue weighted by molar-refractivity contribution is -0.117. The van der Waals surface area contributed by atoms with Crippen LogP contribution in [0.3, 0.4) is 0 Å². The number of anilines is 2. The maximum Gasteiger partial charge on any atom is 0.415 e. The first kappa shape index (κ1) is 27.6. The zero-order valence-electron chi connectivity index (χ0n) is 23.3. The molecule has 0 saturated heterocycles. The lowest BCUT2D eigenvalue weighted by atomic mass is 9.97. The molecule has 6 rings (SSSR count). The van der Waals surface area contributed by atoms with Crippen LogP contribution in [0.1, 0.15) is 42.3 Å². The molecule has 11 heteroatoms. The second kappa shape index (κ2) is 10.1. The highest BCUT2D eigenvalue weighted by Crippen LogP contribution is 2.42. The van der Waals surface area contributed by atoms with Crippen molar-refractivity contribution in [3.05, 3.63) is 76.3 Å². The predicted molar refractivity (Wildman–Crippen MR) is 156 cm³/mol. The molecule has 0 radical (unpaired) electrons. The van der Waals surface area contributed by atoms with Crippen molar-refractivity contribution >= 4 is 51.8 Å². The number of fused-ring (bicyclic) bond motifs is 3. The van der Waals surface area contributed by atoms with E-state index < -0.39 is 29.3 Å². The van der Waals surface area contributed by atoms with E-state index >= 15 is 4.39 Å². The van der Waals surface area contributed by atoms with Crippen LogP contribution >= 0.6 is 11.6 Å². The Morgan fingerprint density at radius 1 is 1.07 bits per heavy atom. The number of hydrogen-bond acceptors (Lipinski definition) is 7. The molecule has 0 bridgehead atoms. The zero-order chi connectivity index (χ0) is 29.9. The molecule has 0 atom stereocenters. The zero-order valence-corrected chi connectivity index (χ0v) is 24.1. The number of hydrogen-bond donors (Lipinski definition) is 0. The van der Waals surface area contributed by atoms with E-state index in [2.05, 4.69) is 9.97 Å². The third-order valence-corrected chi connectivity index (χ3v) is 7.53. The molecule has 4 heterocycles. The predicted octanol–water partition coefficient (Wildman–Crippen LogP) is 6.26. The highest BCUT2D eigenvalue weighted by atomic mass is 35.5. The van der Waals surface area contributed by atoms with E-state index in [4.69, 9.17) is 21.1 Å². The minimum atomic E-state index is -0.725. The summed E-state index contributed by atoms with van der Waals surface area (Å²) in [6.07, 6.45) is 2.29. The third kappa shape index (κ3) is 4.61. The molecule has 0 saturated carbocycles. The second-order valence-electron chi connectivity index (χ2n) is 11.1. The molecular weight excluding hydrogens is 563 g/mol. The molecule has 2 aliphatic heterocycles. The monoisotopic (exact) mass is 588 g/mol. The van der Waals surface area contributed by atoms with E-state index in [1.807, 2.05) is 0 Å². The maximum absolute atomic E-state index is 15.8. The van der Waals surface area contributed by atoms with Gasteiger partial charge in [0.25, 0.3) is 5.91 Å². The Morgan fingerprint density at radius 2 is 1.83 bits per heavy atom. The summed E-state index contributed by atoms with van der Waals surface area (Å²) < 4.78 is 27.1. The minimum Gasteiger partial charge on any atom is -0.474 e. The average molecular weight is 589 g/mol. The van der Waals surface area contributed by atoms with Gasteiger partial charge in [-0.2, -0.15) is 0 Å². The Bertz CT molecular complexity index is 1820. The molecule has 0 unspecified atom stereocenters. The van der Waals surface area contributed by atoms with E-state index in [1.54, 1.807) is 58.0 Å². The van der Waals surface area contributed by atoms with Crippen molar-refractivity contribution < 1.29 is 28.2 Å². The minimum absolute atomic E-state index is 0.0489. The standard InChI is InChI=1S/C31H26ClFN4O5/c1-16-21(14-35-28-27(16)36(9-10-41-28)30(40)42-31(2,3)4)20-11-18-12-23(34-15-22(18)25(32)26(20)33)37-24(38)13-17-7-5-6-8-19(17)29(37)39/h5-8,11-12,14-15H,9-10,13H2,1-4H3. The van der Waals surface area contributed by atoms with Crippen molar-refractivity contribution in [2.75, 3.05) is 23.0 Å². The number of halogens is 2. The van der Waals surface area contributed by atoms with Crippen LogP contribution < -0.4 is 14.5 Å². The van der Waals surface area contributed by atoms with Gasteiger partial charge in [-0.15, -0.1) is 0 Å². The van der Waals surface area contributed by atoms with Crippen molar-refractivity contribution in [3.8, 4) is 17.0 Å². The van der Waals surface area contributed by atoms with Gasteiger partial charge in [-0.25, -0.2) is 24.1 Å². The fraction of sp³-hybridized carbons (Fsp3) is 0.258. The molecule has 0 N–H and O–H groups in total. The summed E-state index contributed by atoms with van der Waals surface area (Å²) in [5, 5.41) is 0.583. The van der Waals surface area contributed by atoms with E-state index in [0.29, 0.717) is 38.7 Å². The highest BCUT2D eigenvalue weighted by molar-refractivity contribution is 6.36. The Kier molecular flexibility index (Phi) is 6.61. The molecule has 2 aromatic carbocycles. The summed E-state index contributed by atoms with van der Waals surface area (Å²) in [4.78, 5) is 50.4. The number of imide groups is 1. The number of ether oxygens (including phenoxy) is 2. The Hall–Kier alpha value is -4.57. The molecular formula is C31H26ClFN4O5. The molecule has 3 amide bonds. The SMILES string of the molecule is Cc1c(-c2cc3cc(N4C(=O)Cc5ccccc5C4=O)ncc3c(Cl)c2F)cnc2c1N(C(=O)OC(C)(C)C)CCO2. The fourth-order valence-corrected chi connectivity index (χ4v) is 5.50. The first-order valence-electron chi connectivity index (χ1n) is 13.3. The normalized spacial score (nSPS) is 14.9. The van der Waals surface area contributed by atoms with Crippen LogP contribution in [0.25, 0.3) is 21.9 Å². The molecule has 2 aliphatic rings. The van der Waals surface area contributed by atoms with Crippen LogP contribution in [-0.2, 0) is 16.0 Å². The molecule has 0 fully saturated rings. The van der Waals surface area contributed by atoms with Gasteiger partial charge in [-0.3, -0.25) is 14.5 Å². The molecule has 4 aromatic rings. The number of carbonyl (C=O) groups is 3. The number of benzene rings is 2. The molecule has 42 heavy (non-hydrogen) atoms. The number of amides is 3. The summed E-state index contributed by atoms with van der Waals surface area (Å²) in [5.41, 5.74) is 1.76. The third-order valence-electron chi connectivity index (χ3n) is 7.16. The number of rotatable bonds is 2. The molecule has 0 aliphatic carbocycles. The second-order valence-corrected chi connectivity index (χ2v) is 11.5. The van der Waals surface area contributed by atoms with Crippen LogP contribution in [0.15, 0.2) is 48.8 Å². The fourth-order valence-electron chi connectivity index (χ4n) is 5.24. The van der Waals surface area contributed by atoms with Gasteiger partial charge in [0, 0.05) is 34.5 Å². The molecule has 9 nitrogen and oxygen atoms in total. The first-order chi connectivity index (χ1) is 19.9. The number of carbonyl (C=O) groups excluding carboxylic acids is 3. The van der Waals surface area contributed by atoms with Crippen molar-refractivity contribution in [2.45, 2.75) is 39.7 Å². The molecule has 214 valence electrons. The smallest absolute Gasteiger partial charge is 0.415 e. The van der Waals surface area contributed by atoms with Crippen molar-refractivity contribution in [1.29, 1.82) is 0 Å². The van der Waals surface area contributed by atoms with Crippen molar-refractivity contribution in [2.24, 2.45) is 0 Å². The quantitative estimate of drug-likeness (QED) is 0.255. The van der Waals surface area contributed by atoms with Crippen LogP contribution in [0.5, 0.6) is 5.88 Å². The summed E-state index contributed by atoms with van der Waals surface area (Å²) >= 11 is 6.50. The highest BCUT2D eigenvalue weighted by Gasteiger charge is 2.34. The first-order valence-corrected chi connectivity index (χ1v) is 13.7. The van der Waals surface area contributed by atoms with Gasteiger partial charge in [0.1, 0.15) is 29.5 Å². The van der Waals surface area contributed by atoms with Gasteiger partial charge >= 0.3 is 6.09 Å². The number of aromatic nitrogens is 2. The van der Waals surface area contributed by atoms with Gasteiger partial charge in [0.05, 0.1) is 18.0 Å². The summed E-state index contributed by atoms with van der Waals surface area (Å²) in [5.74, 6) is -1.28. The van der Waals surface area contributed by atoms with E-state index in [1.165, 1.54) is 23.4 Å². The Morgan fingerprint density at radius 3 is 2.60 bits per heavy atom. The summed E-state index contributed by atoms with van der Waals surface area (Å²) in [6, 6.07) is 10.0. The van der Waals surface area contributed by atoms with Gasteiger partial charge in [-0.05, 0) is 62.4 Å². The van der Waals surface area contributed by atoms with Crippen molar-refractivity contribution in [3.63, 3.8) is 0 Å². The topological polar surface area (TPSA) is 102 Å². The largest absolute Gasteiger partial charge is 0.474 e. The van der Waals surface area contributed by atoms with Crippen LogP contribution in [0, 0.1) is 12.7 Å².